The highest BCUT2D eigenvalue weighted by Gasteiger charge is 2.30. The maximum Gasteiger partial charge on any atom is 0.573 e. The summed E-state index contributed by atoms with van der Waals surface area (Å²) in [5.74, 6) is -0.246. The second-order valence-corrected chi connectivity index (χ2v) is 5.29. The van der Waals surface area contributed by atoms with Gasteiger partial charge < -0.3 is 15.4 Å². The Hall–Kier alpha value is -1.47. The number of ether oxygens (including phenoxy) is 1. The molecule has 0 radical (unpaired) electrons. The largest absolute Gasteiger partial charge is 0.573 e. The number of nitrogens with one attached hydrogen (secondary N) is 2. The Morgan fingerprint density at radius 3 is 2.57 bits per heavy atom. The average molecular weight is 353 g/mol. The zero-order chi connectivity index (χ0) is 16.0. The number of hydrogen-bond acceptors (Lipinski definition) is 3. The summed E-state index contributed by atoms with van der Waals surface area (Å²) >= 11 is 0. The maximum absolute atomic E-state index is 12.0. The zero-order valence-corrected chi connectivity index (χ0v) is 13.3. The average Bonchev–Trinajstić information content (AvgIpc) is 2.92. The molecule has 1 fully saturated rings. The van der Waals surface area contributed by atoms with Crippen molar-refractivity contribution in [2.24, 2.45) is 0 Å². The van der Waals surface area contributed by atoms with Gasteiger partial charge in [-0.2, -0.15) is 0 Å². The standard InChI is InChI=1S/C15H19F3N2O2.ClH/c16-15(17,18)22-13-5-3-11(4-6-13)7-9-20-14(21)10-12-2-1-8-19-12;/h3-6,12,19H,1-2,7-10H2,(H,20,21);1H. The van der Waals surface area contributed by atoms with Crippen LogP contribution in [0.2, 0.25) is 0 Å². The number of amides is 1. The fourth-order valence-electron chi connectivity index (χ4n) is 2.43. The van der Waals surface area contributed by atoms with Crippen molar-refractivity contribution in [2.45, 2.75) is 38.1 Å². The molecule has 1 aliphatic rings. The molecule has 2 N–H and O–H groups in total. The lowest BCUT2D eigenvalue weighted by Gasteiger charge is -2.11. The lowest BCUT2D eigenvalue weighted by Crippen LogP contribution is -2.32. The quantitative estimate of drug-likeness (QED) is 0.827. The van der Waals surface area contributed by atoms with Gasteiger partial charge in [-0.25, -0.2) is 0 Å². The van der Waals surface area contributed by atoms with Crippen LogP contribution >= 0.6 is 12.4 Å². The number of rotatable bonds is 6. The summed E-state index contributed by atoms with van der Waals surface area (Å²) in [5.41, 5.74) is 0.841. The summed E-state index contributed by atoms with van der Waals surface area (Å²) in [7, 11) is 0. The fraction of sp³-hybridized carbons (Fsp3) is 0.533. The van der Waals surface area contributed by atoms with Gasteiger partial charge >= 0.3 is 6.36 Å². The third kappa shape index (κ3) is 7.56. The second kappa shape index (κ2) is 8.98. The van der Waals surface area contributed by atoms with E-state index in [4.69, 9.17) is 0 Å². The van der Waals surface area contributed by atoms with Crippen molar-refractivity contribution >= 4 is 18.3 Å². The Morgan fingerprint density at radius 2 is 2.00 bits per heavy atom. The van der Waals surface area contributed by atoms with Crippen molar-refractivity contribution in [3.05, 3.63) is 29.8 Å². The van der Waals surface area contributed by atoms with E-state index in [2.05, 4.69) is 15.4 Å². The molecular formula is C15H20ClF3N2O2. The number of carbonyl (C=O) groups is 1. The van der Waals surface area contributed by atoms with E-state index in [1.54, 1.807) is 12.1 Å². The lowest BCUT2D eigenvalue weighted by atomic mass is 10.1. The summed E-state index contributed by atoms with van der Waals surface area (Å²) in [6, 6.07) is 5.93. The van der Waals surface area contributed by atoms with Gasteiger partial charge in [-0.3, -0.25) is 4.79 Å². The first kappa shape index (κ1) is 19.6. The molecule has 130 valence electrons. The lowest BCUT2D eigenvalue weighted by molar-refractivity contribution is -0.274. The van der Waals surface area contributed by atoms with Gasteiger partial charge in [0.2, 0.25) is 5.91 Å². The molecule has 0 bridgehead atoms. The summed E-state index contributed by atoms with van der Waals surface area (Å²) in [6.45, 7) is 1.43. The third-order valence-corrected chi connectivity index (χ3v) is 3.49. The Kier molecular flexibility index (Phi) is 7.64. The number of carbonyl (C=O) groups excluding carboxylic acids is 1. The van der Waals surface area contributed by atoms with Crippen molar-refractivity contribution in [3.63, 3.8) is 0 Å². The van der Waals surface area contributed by atoms with Gasteiger partial charge in [0.25, 0.3) is 0 Å². The van der Waals surface area contributed by atoms with Gasteiger partial charge in [-0.15, -0.1) is 25.6 Å². The Bertz CT molecular complexity index is 488. The van der Waals surface area contributed by atoms with Crippen molar-refractivity contribution in [1.29, 1.82) is 0 Å². The molecule has 1 heterocycles. The third-order valence-electron chi connectivity index (χ3n) is 3.49. The van der Waals surface area contributed by atoms with Crippen molar-refractivity contribution in [2.75, 3.05) is 13.1 Å². The number of alkyl halides is 3. The van der Waals surface area contributed by atoms with Crippen LogP contribution in [0, 0.1) is 0 Å². The molecule has 0 aliphatic carbocycles. The smallest absolute Gasteiger partial charge is 0.406 e. The van der Waals surface area contributed by atoms with Gasteiger partial charge in [0.15, 0.2) is 0 Å². The molecule has 1 aromatic carbocycles. The van der Waals surface area contributed by atoms with Crippen LogP contribution in [-0.4, -0.2) is 31.4 Å². The summed E-state index contributed by atoms with van der Waals surface area (Å²) < 4.78 is 39.9. The molecule has 4 nitrogen and oxygen atoms in total. The fourth-order valence-corrected chi connectivity index (χ4v) is 2.43. The Morgan fingerprint density at radius 1 is 1.30 bits per heavy atom. The van der Waals surface area contributed by atoms with Crippen LogP contribution < -0.4 is 15.4 Å². The van der Waals surface area contributed by atoms with Gasteiger partial charge in [0.1, 0.15) is 5.75 Å². The minimum absolute atomic E-state index is 0. The number of hydrogen-bond donors (Lipinski definition) is 2. The zero-order valence-electron chi connectivity index (χ0n) is 12.5. The number of halogens is 4. The van der Waals surface area contributed by atoms with Gasteiger partial charge in [-0.05, 0) is 43.5 Å². The molecule has 0 aromatic heterocycles. The van der Waals surface area contributed by atoms with E-state index in [9.17, 15) is 18.0 Å². The Labute approximate surface area is 139 Å². The maximum atomic E-state index is 12.0. The molecule has 0 saturated carbocycles. The minimum atomic E-state index is -4.68. The van der Waals surface area contributed by atoms with E-state index in [1.807, 2.05) is 0 Å². The van der Waals surface area contributed by atoms with Gasteiger partial charge in [0, 0.05) is 19.0 Å². The van der Waals surface area contributed by atoms with E-state index >= 15 is 0 Å². The predicted molar refractivity (Wildman–Crippen MR) is 82.7 cm³/mol. The van der Waals surface area contributed by atoms with E-state index in [0.717, 1.165) is 24.9 Å². The van der Waals surface area contributed by atoms with Gasteiger partial charge in [0.05, 0.1) is 0 Å². The van der Waals surface area contributed by atoms with E-state index < -0.39 is 6.36 Å². The molecule has 1 aromatic rings. The topological polar surface area (TPSA) is 50.4 Å². The van der Waals surface area contributed by atoms with E-state index in [1.165, 1.54) is 12.1 Å². The first-order valence-corrected chi connectivity index (χ1v) is 7.27. The molecule has 1 atom stereocenters. The van der Waals surface area contributed by atoms with Crippen LogP contribution in [-0.2, 0) is 11.2 Å². The molecular weight excluding hydrogens is 333 g/mol. The van der Waals surface area contributed by atoms with Crippen molar-refractivity contribution in [3.8, 4) is 5.75 Å². The molecule has 1 unspecified atom stereocenters. The van der Waals surface area contributed by atoms with Gasteiger partial charge in [-0.1, -0.05) is 12.1 Å². The summed E-state index contributed by atoms with van der Waals surface area (Å²) in [5, 5.41) is 6.07. The molecule has 2 rings (SSSR count). The van der Waals surface area contributed by atoms with Crippen molar-refractivity contribution < 1.29 is 22.7 Å². The van der Waals surface area contributed by atoms with Crippen LogP contribution in [0.3, 0.4) is 0 Å². The highest BCUT2D eigenvalue weighted by molar-refractivity contribution is 5.85. The van der Waals surface area contributed by atoms with Crippen LogP contribution in [0.1, 0.15) is 24.8 Å². The van der Waals surface area contributed by atoms with Crippen molar-refractivity contribution in [1.82, 2.24) is 10.6 Å². The monoisotopic (exact) mass is 352 g/mol. The van der Waals surface area contributed by atoms with Crippen LogP contribution in [0.4, 0.5) is 13.2 Å². The molecule has 0 spiro atoms. The highest BCUT2D eigenvalue weighted by Crippen LogP contribution is 2.22. The Balaban J connectivity index is 0.00000264. The first-order chi connectivity index (χ1) is 10.4. The van der Waals surface area contributed by atoms with E-state index in [-0.39, 0.29) is 30.1 Å². The number of benzene rings is 1. The SMILES string of the molecule is Cl.O=C(CC1CCCN1)NCCc1ccc(OC(F)(F)F)cc1. The van der Waals surface area contributed by atoms with Crippen LogP contribution in [0.25, 0.3) is 0 Å². The normalized spacial score (nSPS) is 17.4. The predicted octanol–water partition coefficient (Wildman–Crippen LogP) is 2.81. The summed E-state index contributed by atoms with van der Waals surface area (Å²) in [4.78, 5) is 11.7. The first-order valence-electron chi connectivity index (χ1n) is 7.27. The molecule has 1 saturated heterocycles. The van der Waals surface area contributed by atoms with Crippen LogP contribution in [0.15, 0.2) is 24.3 Å². The highest BCUT2D eigenvalue weighted by atomic mass is 35.5. The van der Waals surface area contributed by atoms with E-state index in [0.29, 0.717) is 19.4 Å². The van der Waals surface area contributed by atoms with Crippen LogP contribution in [0.5, 0.6) is 5.75 Å². The minimum Gasteiger partial charge on any atom is -0.406 e. The molecule has 1 aliphatic heterocycles. The molecule has 23 heavy (non-hydrogen) atoms. The molecule has 1 amide bonds. The second-order valence-electron chi connectivity index (χ2n) is 5.29. The summed E-state index contributed by atoms with van der Waals surface area (Å²) in [6.07, 6.45) is -1.52. The molecule has 8 heteroatoms.